The number of ether oxygens (including phenoxy) is 3. The smallest absolute Gasteiger partial charge is 0.133 e. The molecular formula is C11H13BrO3. The Morgan fingerprint density at radius 3 is 2.80 bits per heavy atom. The van der Waals surface area contributed by atoms with Crippen molar-refractivity contribution in [3.8, 4) is 5.75 Å². The molecule has 1 aromatic rings. The van der Waals surface area contributed by atoms with Gasteiger partial charge in [0, 0.05) is 0 Å². The lowest BCUT2D eigenvalue weighted by Gasteiger charge is -2.26. The van der Waals surface area contributed by atoms with Crippen LogP contribution in [0.5, 0.6) is 5.75 Å². The van der Waals surface area contributed by atoms with Crippen molar-refractivity contribution in [2.75, 3.05) is 20.3 Å². The van der Waals surface area contributed by atoms with E-state index in [1.165, 1.54) is 0 Å². The van der Waals surface area contributed by atoms with Gasteiger partial charge in [-0.25, -0.2) is 0 Å². The van der Waals surface area contributed by atoms with Crippen molar-refractivity contribution in [1.82, 2.24) is 0 Å². The molecule has 0 aromatic heterocycles. The fourth-order valence-corrected chi connectivity index (χ4v) is 1.91. The van der Waals surface area contributed by atoms with E-state index in [-0.39, 0.29) is 6.10 Å². The predicted octanol–water partition coefficient (Wildman–Crippen LogP) is 2.37. The highest BCUT2D eigenvalue weighted by Crippen LogP contribution is 2.26. The summed E-state index contributed by atoms with van der Waals surface area (Å²) in [5, 5.41) is 0. The first-order valence-electron chi connectivity index (χ1n) is 4.81. The molecule has 1 heterocycles. The molecule has 1 aliphatic heterocycles. The maximum Gasteiger partial charge on any atom is 0.133 e. The van der Waals surface area contributed by atoms with Gasteiger partial charge in [-0.3, -0.25) is 0 Å². The molecule has 1 saturated heterocycles. The van der Waals surface area contributed by atoms with E-state index in [0.29, 0.717) is 6.61 Å². The van der Waals surface area contributed by atoms with Crippen LogP contribution in [0.2, 0.25) is 0 Å². The molecule has 0 amide bonds. The first kappa shape index (κ1) is 10.9. The molecule has 0 atom stereocenters. The van der Waals surface area contributed by atoms with Crippen molar-refractivity contribution >= 4 is 15.9 Å². The van der Waals surface area contributed by atoms with Crippen molar-refractivity contribution < 1.29 is 14.2 Å². The first-order valence-corrected chi connectivity index (χ1v) is 5.60. The highest BCUT2D eigenvalue weighted by atomic mass is 79.9. The van der Waals surface area contributed by atoms with Gasteiger partial charge in [-0.15, -0.1) is 0 Å². The summed E-state index contributed by atoms with van der Waals surface area (Å²) >= 11 is 3.44. The Morgan fingerprint density at radius 1 is 1.47 bits per heavy atom. The zero-order chi connectivity index (χ0) is 10.7. The van der Waals surface area contributed by atoms with Crippen LogP contribution in [-0.4, -0.2) is 26.4 Å². The molecule has 0 saturated carbocycles. The second-order valence-corrected chi connectivity index (χ2v) is 4.29. The molecule has 1 fully saturated rings. The quantitative estimate of drug-likeness (QED) is 0.843. The van der Waals surface area contributed by atoms with Crippen LogP contribution in [0.25, 0.3) is 0 Å². The van der Waals surface area contributed by atoms with Crippen LogP contribution < -0.4 is 4.74 Å². The topological polar surface area (TPSA) is 27.7 Å². The molecule has 3 nitrogen and oxygen atoms in total. The van der Waals surface area contributed by atoms with Crippen molar-refractivity contribution in [1.29, 1.82) is 0 Å². The molecule has 0 aliphatic carbocycles. The largest absolute Gasteiger partial charge is 0.496 e. The van der Waals surface area contributed by atoms with Crippen LogP contribution in [-0.2, 0) is 16.1 Å². The summed E-state index contributed by atoms with van der Waals surface area (Å²) in [6, 6.07) is 5.95. The Morgan fingerprint density at radius 2 is 2.27 bits per heavy atom. The Kier molecular flexibility index (Phi) is 3.61. The molecular weight excluding hydrogens is 260 g/mol. The third-order valence-corrected chi connectivity index (χ3v) is 2.93. The van der Waals surface area contributed by atoms with Crippen molar-refractivity contribution in [3.63, 3.8) is 0 Å². The van der Waals surface area contributed by atoms with Gasteiger partial charge in [-0.1, -0.05) is 6.07 Å². The summed E-state index contributed by atoms with van der Waals surface area (Å²) in [6.45, 7) is 2.06. The summed E-state index contributed by atoms with van der Waals surface area (Å²) in [5.74, 6) is 0.839. The van der Waals surface area contributed by atoms with Gasteiger partial charge in [0.05, 0.1) is 31.4 Å². The minimum absolute atomic E-state index is 0.269. The van der Waals surface area contributed by atoms with Gasteiger partial charge in [-0.2, -0.15) is 0 Å². The molecule has 0 radical (unpaired) electrons. The maximum absolute atomic E-state index is 5.61. The summed E-state index contributed by atoms with van der Waals surface area (Å²) in [5.41, 5.74) is 1.13. The zero-order valence-corrected chi connectivity index (χ0v) is 10.1. The number of hydrogen-bond acceptors (Lipinski definition) is 3. The molecule has 0 unspecified atom stereocenters. The van der Waals surface area contributed by atoms with E-state index in [9.17, 15) is 0 Å². The third kappa shape index (κ3) is 2.71. The second kappa shape index (κ2) is 4.96. The number of halogens is 1. The molecule has 0 N–H and O–H groups in total. The summed E-state index contributed by atoms with van der Waals surface area (Å²) in [6.07, 6.45) is 0.269. The van der Waals surface area contributed by atoms with Crippen molar-refractivity contribution in [2.45, 2.75) is 12.7 Å². The number of methoxy groups -OCH3 is 1. The van der Waals surface area contributed by atoms with Gasteiger partial charge in [-0.05, 0) is 33.6 Å². The second-order valence-electron chi connectivity index (χ2n) is 3.44. The van der Waals surface area contributed by atoms with Gasteiger partial charge >= 0.3 is 0 Å². The van der Waals surface area contributed by atoms with Crippen LogP contribution in [0, 0.1) is 0 Å². The minimum atomic E-state index is 0.269. The average molecular weight is 273 g/mol. The fourth-order valence-electron chi connectivity index (χ4n) is 1.32. The first-order chi connectivity index (χ1) is 7.29. The number of hydrogen-bond donors (Lipinski definition) is 0. The predicted molar refractivity (Wildman–Crippen MR) is 60.1 cm³/mol. The summed E-state index contributed by atoms with van der Waals surface area (Å²) < 4.78 is 16.7. The highest BCUT2D eigenvalue weighted by molar-refractivity contribution is 9.10. The molecule has 1 aliphatic rings. The monoisotopic (exact) mass is 272 g/mol. The van der Waals surface area contributed by atoms with Gasteiger partial charge in [0.25, 0.3) is 0 Å². The van der Waals surface area contributed by atoms with Crippen LogP contribution in [0.4, 0.5) is 0 Å². The van der Waals surface area contributed by atoms with E-state index < -0.39 is 0 Å². The molecule has 4 heteroatoms. The van der Waals surface area contributed by atoms with Crippen molar-refractivity contribution in [2.24, 2.45) is 0 Å². The highest BCUT2D eigenvalue weighted by Gasteiger charge is 2.18. The van der Waals surface area contributed by atoms with Crippen LogP contribution in [0.15, 0.2) is 22.7 Å². The lowest BCUT2D eigenvalue weighted by Crippen LogP contribution is -2.35. The normalized spacial score (nSPS) is 16.1. The minimum Gasteiger partial charge on any atom is -0.496 e. The van der Waals surface area contributed by atoms with Gasteiger partial charge in [0.15, 0.2) is 0 Å². The van der Waals surface area contributed by atoms with E-state index in [4.69, 9.17) is 14.2 Å². The van der Waals surface area contributed by atoms with Gasteiger partial charge < -0.3 is 14.2 Å². The number of benzene rings is 1. The van der Waals surface area contributed by atoms with E-state index in [0.717, 1.165) is 29.0 Å². The van der Waals surface area contributed by atoms with Crippen LogP contribution in [0.3, 0.4) is 0 Å². The van der Waals surface area contributed by atoms with Gasteiger partial charge in [0.2, 0.25) is 0 Å². The molecule has 0 spiro atoms. The van der Waals surface area contributed by atoms with E-state index >= 15 is 0 Å². The standard InChI is InChI=1S/C11H13BrO3/c1-13-11-3-2-8(4-10(11)12)5-15-9-6-14-7-9/h2-4,9H,5-7H2,1H3. The van der Waals surface area contributed by atoms with E-state index in [1.54, 1.807) is 7.11 Å². The summed E-state index contributed by atoms with van der Waals surface area (Å²) in [4.78, 5) is 0. The zero-order valence-electron chi connectivity index (χ0n) is 8.53. The Hall–Kier alpha value is -0.580. The van der Waals surface area contributed by atoms with Crippen LogP contribution in [0.1, 0.15) is 5.56 Å². The molecule has 0 bridgehead atoms. The lowest BCUT2D eigenvalue weighted by molar-refractivity contribution is -0.135. The van der Waals surface area contributed by atoms with E-state index in [2.05, 4.69) is 15.9 Å². The van der Waals surface area contributed by atoms with Gasteiger partial charge in [0.1, 0.15) is 11.9 Å². The molecule has 82 valence electrons. The van der Waals surface area contributed by atoms with Crippen LogP contribution >= 0.6 is 15.9 Å². The molecule has 1 aromatic carbocycles. The maximum atomic E-state index is 5.61. The van der Waals surface area contributed by atoms with E-state index in [1.807, 2.05) is 18.2 Å². The Bertz CT molecular complexity index is 337. The fraction of sp³-hybridized carbons (Fsp3) is 0.455. The lowest BCUT2D eigenvalue weighted by atomic mass is 10.2. The molecule has 2 rings (SSSR count). The summed E-state index contributed by atoms with van der Waals surface area (Å²) in [7, 11) is 1.65. The van der Waals surface area contributed by atoms with Crippen molar-refractivity contribution in [3.05, 3.63) is 28.2 Å². The average Bonchev–Trinajstić information content (AvgIpc) is 2.16. The Balaban J connectivity index is 1.93. The Labute approximate surface area is 97.5 Å². The number of rotatable bonds is 4. The molecule has 15 heavy (non-hydrogen) atoms. The SMILES string of the molecule is COc1ccc(COC2COC2)cc1Br. The third-order valence-electron chi connectivity index (χ3n) is 2.31.